The molecule has 0 heterocycles. The van der Waals surface area contributed by atoms with Gasteiger partial charge in [0.1, 0.15) is 5.75 Å². The Balaban J connectivity index is 2.15. The zero-order valence-corrected chi connectivity index (χ0v) is 13.7. The van der Waals surface area contributed by atoms with Crippen molar-refractivity contribution in [2.24, 2.45) is 0 Å². The molecule has 1 atom stereocenters. The van der Waals surface area contributed by atoms with E-state index in [1.165, 1.54) is 0 Å². The van der Waals surface area contributed by atoms with E-state index in [-0.39, 0.29) is 5.91 Å². The molecule has 1 unspecified atom stereocenters. The van der Waals surface area contributed by atoms with Crippen LogP contribution in [0.4, 0.5) is 0 Å². The molecule has 2 aromatic rings. The molecule has 3 N–H and O–H groups in total. The lowest BCUT2D eigenvalue weighted by Gasteiger charge is -2.19. The number of nitrogens with one attached hydrogen (secondary N) is 1. The molecule has 0 saturated heterocycles. The van der Waals surface area contributed by atoms with Gasteiger partial charge in [0.15, 0.2) is 0 Å². The normalized spacial score (nSPS) is 11.6. The van der Waals surface area contributed by atoms with Crippen molar-refractivity contribution < 1.29 is 19.6 Å². The van der Waals surface area contributed by atoms with E-state index in [9.17, 15) is 4.79 Å². The first kappa shape index (κ1) is 18.0. The van der Waals surface area contributed by atoms with E-state index in [0.29, 0.717) is 17.8 Å². The molecule has 24 heavy (non-hydrogen) atoms. The van der Waals surface area contributed by atoms with E-state index in [1.54, 1.807) is 24.3 Å². The summed E-state index contributed by atoms with van der Waals surface area (Å²) in [6.07, 6.45) is 1.16. The summed E-state index contributed by atoms with van der Waals surface area (Å²) in [5, 5.41) is 21.2. The highest BCUT2D eigenvalue weighted by Gasteiger charge is 2.22. The standard InChI is InChI=1S/C18H22BNO4/c1-2-3-13-20-18(21)17(14-7-5-4-6-8-14)24-16-11-9-15(10-12-16)19(22)23/h4-12,17,22-23H,2-3,13H2,1H3,(H,20,21). The van der Waals surface area contributed by atoms with Gasteiger partial charge in [-0.05, 0) is 24.0 Å². The monoisotopic (exact) mass is 327 g/mol. The van der Waals surface area contributed by atoms with Crippen LogP contribution in [0, 0.1) is 0 Å². The molecule has 0 aliphatic rings. The maximum atomic E-state index is 12.5. The van der Waals surface area contributed by atoms with E-state index < -0.39 is 13.2 Å². The molecule has 2 rings (SSSR count). The number of carbonyl (C=O) groups excluding carboxylic acids is 1. The number of ether oxygens (including phenoxy) is 1. The molecule has 1 amide bonds. The minimum atomic E-state index is -1.53. The predicted octanol–water partition coefficient (Wildman–Crippen LogP) is 1.40. The molecule has 0 bridgehead atoms. The van der Waals surface area contributed by atoms with Crippen LogP contribution in [-0.4, -0.2) is 29.6 Å². The maximum absolute atomic E-state index is 12.5. The molecule has 0 aliphatic carbocycles. The number of hydrogen-bond donors (Lipinski definition) is 3. The van der Waals surface area contributed by atoms with Gasteiger partial charge in [0.25, 0.3) is 5.91 Å². The van der Waals surface area contributed by atoms with Crippen molar-refractivity contribution in [3.63, 3.8) is 0 Å². The molecular formula is C18H22BNO4. The fourth-order valence-corrected chi connectivity index (χ4v) is 2.24. The third-order valence-corrected chi connectivity index (χ3v) is 3.60. The summed E-state index contributed by atoms with van der Waals surface area (Å²) in [4.78, 5) is 12.5. The average molecular weight is 327 g/mol. The highest BCUT2D eigenvalue weighted by Crippen LogP contribution is 2.21. The van der Waals surface area contributed by atoms with Crippen molar-refractivity contribution >= 4 is 18.5 Å². The summed E-state index contributed by atoms with van der Waals surface area (Å²) in [7, 11) is -1.53. The van der Waals surface area contributed by atoms with Crippen LogP contribution in [0.3, 0.4) is 0 Å². The van der Waals surface area contributed by atoms with Gasteiger partial charge in [0, 0.05) is 12.1 Å². The topological polar surface area (TPSA) is 78.8 Å². The van der Waals surface area contributed by atoms with E-state index in [2.05, 4.69) is 12.2 Å². The Morgan fingerprint density at radius 1 is 1.12 bits per heavy atom. The Kier molecular flexibility index (Phi) is 6.84. The van der Waals surface area contributed by atoms with Gasteiger partial charge in [-0.2, -0.15) is 0 Å². The van der Waals surface area contributed by atoms with Gasteiger partial charge >= 0.3 is 7.12 Å². The third kappa shape index (κ3) is 5.11. The second kappa shape index (κ2) is 9.10. The maximum Gasteiger partial charge on any atom is 0.488 e. The van der Waals surface area contributed by atoms with Gasteiger partial charge in [-0.1, -0.05) is 55.8 Å². The minimum Gasteiger partial charge on any atom is -0.476 e. The summed E-state index contributed by atoms with van der Waals surface area (Å²) in [6, 6.07) is 15.6. The summed E-state index contributed by atoms with van der Waals surface area (Å²) < 4.78 is 5.85. The Labute approximate surface area is 142 Å². The van der Waals surface area contributed by atoms with Gasteiger partial charge < -0.3 is 20.1 Å². The number of unbranched alkanes of at least 4 members (excludes halogenated alkanes) is 1. The van der Waals surface area contributed by atoms with Crippen LogP contribution in [0.1, 0.15) is 31.4 Å². The zero-order chi connectivity index (χ0) is 17.4. The second-order valence-corrected chi connectivity index (χ2v) is 5.50. The number of carbonyl (C=O) groups is 1. The molecule has 0 spiro atoms. The Morgan fingerprint density at radius 3 is 2.38 bits per heavy atom. The third-order valence-electron chi connectivity index (χ3n) is 3.60. The molecule has 0 fully saturated rings. The molecule has 0 saturated carbocycles. The highest BCUT2D eigenvalue weighted by molar-refractivity contribution is 6.58. The molecule has 0 aliphatic heterocycles. The van der Waals surface area contributed by atoms with Crippen molar-refractivity contribution in [1.82, 2.24) is 5.32 Å². The number of benzene rings is 2. The van der Waals surface area contributed by atoms with Gasteiger partial charge in [-0.3, -0.25) is 4.79 Å². The smallest absolute Gasteiger partial charge is 0.476 e. The first-order valence-corrected chi connectivity index (χ1v) is 8.07. The van der Waals surface area contributed by atoms with Gasteiger partial charge in [0.05, 0.1) is 0 Å². The van der Waals surface area contributed by atoms with E-state index in [1.807, 2.05) is 30.3 Å². The molecule has 2 aromatic carbocycles. The molecule has 0 aromatic heterocycles. The van der Waals surface area contributed by atoms with Crippen LogP contribution in [0.25, 0.3) is 0 Å². The van der Waals surface area contributed by atoms with Crippen LogP contribution >= 0.6 is 0 Å². The zero-order valence-electron chi connectivity index (χ0n) is 13.7. The fraction of sp³-hybridized carbons (Fsp3) is 0.278. The quantitative estimate of drug-likeness (QED) is 0.506. The molecule has 6 heteroatoms. The lowest BCUT2D eigenvalue weighted by Crippen LogP contribution is -2.33. The van der Waals surface area contributed by atoms with Crippen LogP contribution < -0.4 is 15.5 Å². The highest BCUT2D eigenvalue weighted by atomic mass is 16.5. The largest absolute Gasteiger partial charge is 0.488 e. The van der Waals surface area contributed by atoms with Crippen molar-refractivity contribution in [2.45, 2.75) is 25.9 Å². The summed E-state index contributed by atoms with van der Waals surface area (Å²) in [5.41, 5.74) is 1.13. The fourth-order valence-electron chi connectivity index (χ4n) is 2.24. The van der Waals surface area contributed by atoms with E-state index >= 15 is 0 Å². The van der Waals surface area contributed by atoms with Crippen LogP contribution in [0.5, 0.6) is 5.75 Å². The first-order chi connectivity index (χ1) is 11.6. The second-order valence-electron chi connectivity index (χ2n) is 5.50. The van der Waals surface area contributed by atoms with Crippen LogP contribution in [0.15, 0.2) is 54.6 Å². The molecule has 0 radical (unpaired) electrons. The summed E-state index contributed by atoms with van der Waals surface area (Å²) >= 11 is 0. The van der Waals surface area contributed by atoms with Gasteiger partial charge in [0.2, 0.25) is 6.10 Å². The van der Waals surface area contributed by atoms with Gasteiger partial charge in [-0.15, -0.1) is 0 Å². The Hall–Kier alpha value is -2.31. The first-order valence-electron chi connectivity index (χ1n) is 8.07. The minimum absolute atomic E-state index is 0.194. The average Bonchev–Trinajstić information content (AvgIpc) is 2.61. The van der Waals surface area contributed by atoms with Crippen LogP contribution in [-0.2, 0) is 4.79 Å². The lowest BCUT2D eigenvalue weighted by atomic mass is 9.80. The number of rotatable bonds is 8. The van der Waals surface area contributed by atoms with Crippen molar-refractivity contribution in [3.8, 4) is 5.75 Å². The van der Waals surface area contributed by atoms with Crippen molar-refractivity contribution in [2.75, 3.05) is 6.54 Å². The lowest BCUT2D eigenvalue weighted by molar-refractivity contribution is -0.128. The predicted molar refractivity (Wildman–Crippen MR) is 94.0 cm³/mol. The number of hydrogen-bond acceptors (Lipinski definition) is 4. The Morgan fingerprint density at radius 2 is 1.79 bits per heavy atom. The number of amides is 1. The van der Waals surface area contributed by atoms with Gasteiger partial charge in [-0.25, -0.2) is 0 Å². The molecule has 5 nitrogen and oxygen atoms in total. The van der Waals surface area contributed by atoms with Crippen LogP contribution in [0.2, 0.25) is 0 Å². The van der Waals surface area contributed by atoms with E-state index in [0.717, 1.165) is 18.4 Å². The Bertz CT molecular complexity index is 631. The summed E-state index contributed by atoms with van der Waals surface area (Å²) in [6.45, 7) is 2.67. The summed E-state index contributed by atoms with van der Waals surface area (Å²) in [5.74, 6) is 0.291. The van der Waals surface area contributed by atoms with Crippen molar-refractivity contribution in [1.29, 1.82) is 0 Å². The van der Waals surface area contributed by atoms with E-state index in [4.69, 9.17) is 14.8 Å². The molecule has 126 valence electrons. The van der Waals surface area contributed by atoms with Crippen molar-refractivity contribution in [3.05, 3.63) is 60.2 Å². The molecular weight excluding hydrogens is 305 g/mol. The SMILES string of the molecule is CCCCNC(=O)C(Oc1ccc(B(O)O)cc1)c1ccccc1.